The average Bonchev–Trinajstić information content (AvgIpc) is 2.15. The van der Waals surface area contributed by atoms with Crippen LogP contribution < -0.4 is 5.32 Å². The molecule has 2 heterocycles. The number of carbonyl (C=O) groups is 1. The summed E-state index contributed by atoms with van der Waals surface area (Å²) in [6.45, 7) is 12.7. The third-order valence-corrected chi connectivity index (χ3v) is 3.54. The Labute approximate surface area is 109 Å². The Morgan fingerprint density at radius 2 is 2.00 bits per heavy atom. The molecule has 2 saturated heterocycles. The van der Waals surface area contributed by atoms with E-state index in [1.807, 2.05) is 20.8 Å². The Hall–Kier alpha value is -0.810. The molecule has 0 saturated carbocycles. The predicted octanol–water partition coefficient (Wildman–Crippen LogP) is 0.899. The van der Waals surface area contributed by atoms with Crippen molar-refractivity contribution in [3.05, 3.63) is 0 Å². The standard InChI is InChI=1S/C13H25N3O2/c1-10-7-14-5-6-16(10)11-8-15(9-11)12(17)18-13(2,3)4/h10-11,14H,5-9H2,1-4H3/t10-/m0/s1. The molecule has 104 valence electrons. The summed E-state index contributed by atoms with van der Waals surface area (Å²) in [7, 11) is 0. The van der Waals surface area contributed by atoms with Gasteiger partial charge in [0.2, 0.25) is 0 Å². The minimum Gasteiger partial charge on any atom is -0.444 e. The zero-order valence-electron chi connectivity index (χ0n) is 11.9. The van der Waals surface area contributed by atoms with Crippen LogP contribution in [0.5, 0.6) is 0 Å². The zero-order chi connectivity index (χ0) is 13.3. The molecule has 0 radical (unpaired) electrons. The molecule has 1 amide bonds. The van der Waals surface area contributed by atoms with Crippen molar-refractivity contribution in [2.75, 3.05) is 32.7 Å². The maximum atomic E-state index is 11.8. The van der Waals surface area contributed by atoms with E-state index < -0.39 is 5.60 Å². The molecule has 0 aromatic rings. The van der Waals surface area contributed by atoms with Gasteiger partial charge in [-0.1, -0.05) is 0 Å². The summed E-state index contributed by atoms with van der Waals surface area (Å²) in [6, 6.07) is 1.07. The summed E-state index contributed by atoms with van der Waals surface area (Å²) in [6.07, 6.45) is -0.179. The highest BCUT2D eigenvalue weighted by atomic mass is 16.6. The molecule has 0 aromatic carbocycles. The third-order valence-electron chi connectivity index (χ3n) is 3.54. The molecule has 0 aromatic heterocycles. The first kappa shape index (κ1) is 13.6. The fourth-order valence-corrected chi connectivity index (χ4v) is 2.54. The van der Waals surface area contributed by atoms with Crippen molar-refractivity contribution in [2.24, 2.45) is 0 Å². The molecule has 0 unspecified atom stereocenters. The van der Waals surface area contributed by atoms with Crippen LogP contribution in [-0.2, 0) is 4.74 Å². The molecular weight excluding hydrogens is 230 g/mol. The Balaban J connectivity index is 1.78. The molecule has 2 aliphatic rings. The lowest BCUT2D eigenvalue weighted by atomic mass is 10.0. The average molecular weight is 255 g/mol. The number of piperazine rings is 1. The van der Waals surface area contributed by atoms with E-state index in [9.17, 15) is 4.79 Å². The fraction of sp³-hybridized carbons (Fsp3) is 0.923. The molecule has 5 nitrogen and oxygen atoms in total. The molecule has 0 aliphatic carbocycles. The molecule has 5 heteroatoms. The summed E-state index contributed by atoms with van der Waals surface area (Å²) in [5.41, 5.74) is -0.398. The Kier molecular flexibility index (Phi) is 3.82. The van der Waals surface area contributed by atoms with E-state index in [2.05, 4.69) is 17.1 Å². The quantitative estimate of drug-likeness (QED) is 0.756. The van der Waals surface area contributed by atoms with Gasteiger partial charge in [0.15, 0.2) is 0 Å². The van der Waals surface area contributed by atoms with Gasteiger partial charge in [0.05, 0.1) is 0 Å². The summed E-state index contributed by atoms with van der Waals surface area (Å²) in [5, 5.41) is 3.39. The minimum atomic E-state index is -0.398. The van der Waals surface area contributed by atoms with Crippen molar-refractivity contribution in [3.8, 4) is 0 Å². The van der Waals surface area contributed by atoms with Gasteiger partial charge in [0.1, 0.15) is 5.60 Å². The predicted molar refractivity (Wildman–Crippen MR) is 70.6 cm³/mol. The van der Waals surface area contributed by atoms with E-state index in [-0.39, 0.29) is 6.09 Å². The lowest BCUT2D eigenvalue weighted by Crippen LogP contribution is -2.66. The van der Waals surface area contributed by atoms with Gasteiger partial charge >= 0.3 is 6.09 Å². The zero-order valence-corrected chi connectivity index (χ0v) is 11.9. The Morgan fingerprint density at radius 3 is 2.56 bits per heavy atom. The lowest BCUT2D eigenvalue weighted by Gasteiger charge is -2.49. The molecule has 18 heavy (non-hydrogen) atoms. The van der Waals surface area contributed by atoms with Crippen LogP contribution in [0.15, 0.2) is 0 Å². The van der Waals surface area contributed by atoms with Crippen LogP contribution in [0.4, 0.5) is 4.79 Å². The van der Waals surface area contributed by atoms with Crippen molar-refractivity contribution in [2.45, 2.75) is 45.4 Å². The van der Waals surface area contributed by atoms with Gasteiger partial charge in [-0.2, -0.15) is 0 Å². The van der Waals surface area contributed by atoms with Gasteiger partial charge in [-0.15, -0.1) is 0 Å². The van der Waals surface area contributed by atoms with Crippen molar-refractivity contribution in [3.63, 3.8) is 0 Å². The first-order chi connectivity index (χ1) is 8.37. The molecule has 2 rings (SSSR count). The van der Waals surface area contributed by atoms with Gasteiger partial charge in [0.25, 0.3) is 0 Å². The van der Waals surface area contributed by atoms with Crippen LogP contribution in [-0.4, -0.2) is 66.3 Å². The third kappa shape index (κ3) is 3.14. The number of hydrogen-bond acceptors (Lipinski definition) is 4. The van der Waals surface area contributed by atoms with Crippen LogP contribution in [0.3, 0.4) is 0 Å². The molecule has 1 atom stereocenters. The van der Waals surface area contributed by atoms with E-state index in [0.717, 1.165) is 32.7 Å². The maximum Gasteiger partial charge on any atom is 0.410 e. The molecule has 2 aliphatic heterocycles. The summed E-state index contributed by atoms with van der Waals surface area (Å²) < 4.78 is 5.36. The first-order valence-electron chi connectivity index (χ1n) is 6.81. The SMILES string of the molecule is C[C@H]1CNCCN1C1CN(C(=O)OC(C)(C)C)C1. The second-order valence-corrected chi connectivity index (χ2v) is 6.33. The van der Waals surface area contributed by atoms with E-state index >= 15 is 0 Å². The van der Waals surface area contributed by atoms with Crippen LogP contribution >= 0.6 is 0 Å². The summed E-state index contributed by atoms with van der Waals surface area (Å²) in [4.78, 5) is 16.1. The van der Waals surface area contributed by atoms with Crippen LogP contribution in [0.25, 0.3) is 0 Å². The molecule has 0 spiro atoms. The monoisotopic (exact) mass is 255 g/mol. The molecule has 0 bridgehead atoms. The van der Waals surface area contributed by atoms with Gasteiger partial charge in [-0.3, -0.25) is 4.90 Å². The van der Waals surface area contributed by atoms with Gasteiger partial charge in [0, 0.05) is 44.8 Å². The van der Waals surface area contributed by atoms with Gasteiger partial charge in [-0.05, 0) is 27.7 Å². The normalized spacial score (nSPS) is 26.9. The Bertz CT molecular complexity index is 308. The number of ether oxygens (including phenoxy) is 1. The first-order valence-corrected chi connectivity index (χ1v) is 6.81. The van der Waals surface area contributed by atoms with Crippen molar-refractivity contribution in [1.82, 2.24) is 15.1 Å². The maximum absolute atomic E-state index is 11.8. The smallest absolute Gasteiger partial charge is 0.410 e. The van der Waals surface area contributed by atoms with Crippen LogP contribution in [0, 0.1) is 0 Å². The largest absolute Gasteiger partial charge is 0.444 e. The van der Waals surface area contributed by atoms with Crippen molar-refractivity contribution >= 4 is 6.09 Å². The fourth-order valence-electron chi connectivity index (χ4n) is 2.54. The van der Waals surface area contributed by atoms with Crippen molar-refractivity contribution in [1.29, 1.82) is 0 Å². The molecule has 2 fully saturated rings. The number of rotatable bonds is 1. The second kappa shape index (κ2) is 5.05. The van der Waals surface area contributed by atoms with E-state index in [0.29, 0.717) is 12.1 Å². The second-order valence-electron chi connectivity index (χ2n) is 6.33. The van der Waals surface area contributed by atoms with Crippen LogP contribution in [0.1, 0.15) is 27.7 Å². The highest BCUT2D eigenvalue weighted by Gasteiger charge is 2.39. The van der Waals surface area contributed by atoms with E-state index in [1.165, 1.54) is 0 Å². The molecular formula is C13H25N3O2. The van der Waals surface area contributed by atoms with Gasteiger partial charge in [-0.25, -0.2) is 4.79 Å². The van der Waals surface area contributed by atoms with Gasteiger partial charge < -0.3 is 15.0 Å². The highest BCUT2D eigenvalue weighted by molar-refractivity contribution is 5.69. The van der Waals surface area contributed by atoms with E-state index in [4.69, 9.17) is 4.74 Å². The van der Waals surface area contributed by atoms with Crippen molar-refractivity contribution < 1.29 is 9.53 Å². The van der Waals surface area contributed by atoms with Crippen LogP contribution in [0.2, 0.25) is 0 Å². The number of amides is 1. The number of likely N-dealkylation sites (tertiary alicyclic amines) is 1. The number of nitrogens with zero attached hydrogens (tertiary/aromatic N) is 2. The topological polar surface area (TPSA) is 44.8 Å². The van der Waals surface area contributed by atoms with E-state index in [1.54, 1.807) is 4.90 Å². The highest BCUT2D eigenvalue weighted by Crippen LogP contribution is 2.21. The number of carbonyl (C=O) groups excluding carboxylic acids is 1. The summed E-state index contributed by atoms with van der Waals surface area (Å²) >= 11 is 0. The summed E-state index contributed by atoms with van der Waals surface area (Å²) in [5.74, 6) is 0. The minimum absolute atomic E-state index is 0.179. The number of hydrogen-bond donors (Lipinski definition) is 1. The Morgan fingerprint density at radius 1 is 1.33 bits per heavy atom. The molecule has 1 N–H and O–H groups in total. The number of nitrogens with one attached hydrogen (secondary N) is 1. The lowest BCUT2D eigenvalue weighted by molar-refractivity contribution is -0.0268.